The summed E-state index contributed by atoms with van der Waals surface area (Å²) in [5.74, 6) is 0.916. The Morgan fingerprint density at radius 1 is 1.19 bits per heavy atom. The Balaban J connectivity index is 0.000000395. The minimum Gasteiger partial charge on any atom is -0.489 e. The van der Waals surface area contributed by atoms with Gasteiger partial charge in [-0.2, -0.15) is 0 Å². The summed E-state index contributed by atoms with van der Waals surface area (Å²) in [4.78, 5) is 11.3. The number of aromatic nitrogens is 1. The molecular weight excluding hydrogens is 426 g/mol. The van der Waals surface area contributed by atoms with Crippen LogP contribution in [0.25, 0.3) is 22.0 Å². The number of hydrogen-bond donors (Lipinski definition) is 1. The van der Waals surface area contributed by atoms with Crippen molar-refractivity contribution in [3.8, 4) is 16.9 Å². The van der Waals surface area contributed by atoms with Crippen LogP contribution in [0.3, 0.4) is 0 Å². The number of hydrogen-bond acceptors (Lipinski definition) is 4. The SMILES string of the molecule is CC(C)(C)O.COC.Cc1c(CC=O)c(-c2ccc(Cl)cc2)c2cc(C)n3c2c1OCC3. The lowest BCUT2D eigenvalue weighted by Crippen LogP contribution is -2.16. The lowest BCUT2D eigenvalue weighted by atomic mass is 9.90. The van der Waals surface area contributed by atoms with E-state index in [0.717, 1.165) is 51.7 Å². The largest absolute Gasteiger partial charge is 0.489 e. The average molecular weight is 460 g/mol. The van der Waals surface area contributed by atoms with Crippen LogP contribution >= 0.6 is 11.6 Å². The van der Waals surface area contributed by atoms with E-state index in [9.17, 15) is 4.79 Å². The molecule has 1 N–H and O–H groups in total. The second-order valence-electron chi connectivity index (χ2n) is 8.81. The average Bonchev–Trinajstić information content (AvgIpc) is 3.04. The molecule has 0 radical (unpaired) electrons. The Hall–Kier alpha value is -2.34. The van der Waals surface area contributed by atoms with Gasteiger partial charge in [0.15, 0.2) is 0 Å². The van der Waals surface area contributed by atoms with Crippen LogP contribution in [0.5, 0.6) is 5.75 Å². The van der Waals surface area contributed by atoms with Gasteiger partial charge in [-0.1, -0.05) is 23.7 Å². The van der Waals surface area contributed by atoms with E-state index in [1.54, 1.807) is 35.0 Å². The number of carbonyl (C=O) groups is 1. The molecule has 1 aliphatic heterocycles. The van der Waals surface area contributed by atoms with Gasteiger partial charge in [-0.15, -0.1) is 0 Å². The second-order valence-corrected chi connectivity index (χ2v) is 9.25. The van der Waals surface area contributed by atoms with Crippen LogP contribution in [0.2, 0.25) is 5.02 Å². The molecule has 0 unspecified atom stereocenters. The van der Waals surface area contributed by atoms with Crippen molar-refractivity contribution in [3.63, 3.8) is 0 Å². The zero-order chi connectivity index (χ0) is 24.1. The smallest absolute Gasteiger partial charge is 0.146 e. The minimum absolute atomic E-state index is 0.375. The third kappa shape index (κ3) is 6.12. The number of aliphatic hydroxyl groups is 1. The molecule has 2 aromatic carbocycles. The zero-order valence-electron chi connectivity index (χ0n) is 20.1. The summed E-state index contributed by atoms with van der Waals surface area (Å²) in [6.07, 6.45) is 1.34. The molecular formula is C26H34ClNO4. The number of aldehydes is 1. The van der Waals surface area contributed by atoms with Crippen LogP contribution in [0.15, 0.2) is 30.3 Å². The first kappa shape index (κ1) is 25.9. The van der Waals surface area contributed by atoms with Crippen LogP contribution < -0.4 is 4.74 Å². The lowest BCUT2D eigenvalue weighted by Gasteiger charge is -2.24. The highest BCUT2D eigenvalue weighted by molar-refractivity contribution is 6.30. The standard InChI is InChI=1S/C20H18ClNO2.C4H10O.C2H6O/c1-12-11-17-18(14-3-5-15(21)6-4-14)16(7-9-23)13(2)20-19(17)22(12)8-10-24-20;1-4(2,3)5;1-3-2/h3-6,9,11H,7-8,10H2,1-2H3;5H,1-3H3;1-2H3. The van der Waals surface area contributed by atoms with Gasteiger partial charge >= 0.3 is 0 Å². The summed E-state index contributed by atoms with van der Waals surface area (Å²) >= 11 is 6.06. The molecule has 0 saturated carbocycles. The summed E-state index contributed by atoms with van der Waals surface area (Å²) in [7, 11) is 3.25. The molecule has 0 saturated heterocycles. The molecule has 1 aromatic heterocycles. The fraction of sp³-hybridized carbons (Fsp3) is 0.423. The predicted molar refractivity (Wildman–Crippen MR) is 132 cm³/mol. The fourth-order valence-electron chi connectivity index (χ4n) is 3.77. The number of carbonyl (C=O) groups excluding carboxylic acids is 1. The summed E-state index contributed by atoms with van der Waals surface area (Å²) < 4.78 is 12.5. The van der Waals surface area contributed by atoms with Gasteiger partial charge in [0.2, 0.25) is 0 Å². The molecule has 0 amide bonds. The Morgan fingerprint density at radius 3 is 2.28 bits per heavy atom. The number of methoxy groups -OCH3 is 1. The van der Waals surface area contributed by atoms with Crippen LogP contribution in [0.4, 0.5) is 0 Å². The fourth-order valence-corrected chi connectivity index (χ4v) is 3.89. The first-order chi connectivity index (χ1) is 15.0. The monoisotopic (exact) mass is 459 g/mol. The number of aryl methyl sites for hydroxylation is 1. The van der Waals surface area contributed by atoms with Crippen molar-refractivity contribution in [1.82, 2.24) is 4.57 Å². The van der Waals surface area contributed by atoms with Crippen molar-refractivity contribution in [2.75, 3.05) is 20.8 Å². The lowest BCUT2D eigenvalue weighted by molar-refractivity contribution is -0.107. The molecule has 1 aliphatic rings. The topological polar surface area (TPSA) is 60.7 Å². The van der Waals surface area contributed by atoms with Gasteiger partial charge < -0.3 is 23.9 Å². The molecule has 0 aliphatic carbocycles. The maximum absolute atomic E-state index is 11.3. The van der Waals surface area contributed by atoms with E-state index >= 15 is 0 Å². The highest BCUT2D eigenvalue weighted by Crippen LogP contribution is 2.44. The first-order valence-corrected chi connectivity index (χ1v) is 11.0. The minimum atomic E-state index is -0.500. The molecule has 0 atom stereocenters. The maximum atomic E-state index is 11.3. The molecule has 5 nitrogen and oxygen atoms in total. The number of benzene rings is 2. The van der Waals surface area contributed by atoms with Crippen molar-refractivity contribution in [2.45, 2.75) is 53.2 Å². The highest BCUT2D eigenvalue weighted by Gasteiger charge is 2.25. The van der Waals surface area contributed by atoms with Crippen LogP contribution in [0.1, 0.15) is 37.6 Å². The quantitative estimate of drug-likeness (QED) is 0.506. The molecule has 32 heavy (non-hydrogen) atoms. The normalized spacial score (nSPS) is 12.3. The van der Waals surface area contributed by atoms with E-state index in [4.69, 9.17) is 21.4 Å². The molecule has 2 heterocycles. The number of ether oxygens (including phenoxy) is 2. The Bertz CT molecular complexity index is 1060. The van der Waals surface area contributed by atoms with E-state index in [1.807, 2.05) is 31.2 Å². The first-order valence-electron chi connectivity index (χ1n) is 10.6. The van der Waals surface area contributed by atoms with Gasteiger partial charge in [-0.05, 0) is 75.1 Å². The Kier molecular flexibility index (Phi) is 8.90. The molecule has 6 heteroatoms. The summed E-state index contributed by atoms with van der Waals surface area (Å²) in [6.45, 7) is 10.9. The summed E-state index contributed by atoms with van der Waals surface area (Å²) in [6, 6.07) is 10.0. The molecule has 4 rings (SSSR count). The van der Waals surface area contributed by atoms with Crippen LogP contribution in [-0.2, 0) is 22.5 Å². The van der Waals surface area contributed by atoms with Crippen LogP contribution in [-0.4, -0.2) is 42.4 Å². The number of nitrogens with zero attached hydrogens (tertiary/aromatic N) is 1. The Labute approximate surface area is 195 Å². The van der Waals surface area contributed by atoms with E-state index in [-0.39, 0.29) is 0 Å². The van der Waals surface area contributed by atoms with E-state index < -0.39 is 5.60 Å². The van der Waals surface area contributed by atoms with Crippen LogP contribution in [0, 0.1) is 13.8 Å². The van der Waals surface area contributed by atoms with Gasteiger partial charge in [0.1, 0.15) is 18.6 Å². The van der Waals surface area contributed by atoms with Crippen molar-refractivity contribution in [1.29, 1.82) is 0 Å². The van der Waals surface area contributed by atoms with Crippen molar-refractivity contribution in [2.24, 2.45) is 0 Å². The van der Waals surface area contributed by atoms with Crippen molar-refractivity contribution >= 4 is 28.8 Å². The van der Waals surface area contributed by atoms with E-state index in [1.165, 1.54) is 5.69 Å². The third-order valence-electron chi connectivity index (χ3n) is 4.87. The number of rotatable bonds is 3. The highest BCUT2D eigenvalue weighted by atomic mass is 35.5. The van der Waals surface area contributed by atoms with Crippen molar-refractivity contribution in [3.05, 3.63) is 52.2 Å². The molecule has 0 bridgehead atoms. The maximum Gasteiger partial charge on any atom is 0.146 e. The molecule has 3 aromatic rings. The van der Waals surface area contributed by atoms with Gasteiger partial charge in [0, 0.05) is 36.7 Å². The van der Waals surface area contributed by atoms with E-state index in [0.29, 0.717) is 18.1 Å². The predicted octanol–water partition coefficient (Wildman–Crippen LogP) is 5.75. The molecule has 0 spiro atoms. The Morgan fingerprint density at radius 2 is 1.75 bits per heavy atom. The van der Waals surface area contributed by atoms with Gasteiger partial charge in [0.25, 0.3) is 0 Å². The van der Waals surface area contributed by atoms with Crippen molar-refractivity contribution < 1.29 is 19.4 Å². The van der Waals surface area contributed by atoms with Gasteiger partial charge in [-0.25, -0.2) is 0 Å². The molecule has 174 valence electrons. The third-order valence-corrected chi connectivity index (χ3v) is 5.12. The number of halogens is 1. The van der Waals surface area contributed by atoms with Gasteiger partial charge in [0.05, 0.1) is 17.7 Å². The molecule has 0 fully saturated rings. The van der Waals surface area contributed by atoms with Gasteiger partial charge in [-0.3, -0.25) is 0 Å². The second kappa shape index (κ2) is 11.0. The zero-order valence-corrected chi connectivity index (χ0v) is 20.8. The van der Waals surface area contributed by atoms with E-state index in [2.05, 4.69) is 22.3 Å². The summed E-state index contributed by atoms with van der Waals surface area (Å²) in [5.41, 5.74) is 6.13. The summed E-state index contributed by atoms with van der Waals surface area (Å²) in [5, 5.41) is 10.4.